The Kier molecular flexibility index (Phi) is 7.05. The number of likely N-dealkylation sites (tertiary alicyclic amines) is 1. The van der Waals surface area contributed by atoms with E-state index in [2.05, 4.69) is 50.4 Å². The second-order valence-electron chi connectivity index (χ2n) is 7.47. The molecule has 2 aromatic heterocycles. The summed E-state index contributed by atoms with van der Waals surface area (Å²) in [5.74, 6) is 1.82. The van der Waals surface area contributed by atoms with Gasteiger partial charge in [-0.05, 0) is 50.4 Å². The maximum Gasteiger partial charge on any atom is 0.244 e. The molecular formula is C23H28N4O3. The van der Waals surface area contributed by atoms with Gasteiger partial charge in [0.15, 0.2) is 0 Å². The summed E-state index contributed by atoms with van der Waals surface area (Å²) in [6.45, 7) is 3.11. The molecule has 1 aliphatic heterocycles. The Morgan fingerprint density at radius 2 is 2.03 bits per heavy atom. The van der Waals surface area contributed by atoms with Crippen LogP contribution in [0.1, 0.15) is 36.8 Å². The molecule has 3 heterocycles. The molecule has 30 heavy (non-hydrogen) atoms. The van der Waals surface area contributed by atoms with Crippen molar-refractivity contribution in [2.45, 2.75) is 31.7 Å². The van der Waals surface area contributed by atoms with E-state index in [4.69, 9.17) is 14.0 Å². The Bertz CT molecular complexity index is 898. The predicted octanol–water partition coefficient (Wildman–Crippen LogP) is 3.93. The van der Waals surface area contributed by atoms with Crippen LogP contribution in [0.4, 0.5) is 0 Å². The molecule has 0 amide bonds. The molecule has 0 aliphatic carbocycles. The number of aryl methyl sites for hydroxylation is 1. The minimum Gasteiger partial charge on any atom is -0.475 e. The largest absolute Gasteiger partial charge is 0.475 e. The lowest BCUT2D eigenvalue weighted by Gasteiger charge is -2.21. The highest BCUT2D eigenvalue weighted by Crippen LogP contribution is 2.32. The Labute approximate surface area is 177 Å². The number of hydrogen-bond acceptors (Lipinski definition) is 7. The second-order valence-corrected chi connectivity index (χ2v) is 7.47. The summed E-state index contributed by atoms with van der Waals surface area (Å²) < 4.78 is 16.1. The van der Waals surface area contributed by atoms with Crippen molar-refractivity contribution in [3.8, 4) is 17.3 Å². The minimum absolute atomic E-state index is 0.201. The quantitative estimate of drug-likeness (QED) is 0.471. The molecule has 3 aromatic rings. The summed E-state index contributed by atoms with van der Waals surface area (Å²) in [4.78, 5) is 11.4. The Morgan fingerprint density at radius 3 is 2.83 bits per heavy atom. The molecule has 1 saturated heterocycles. The highest BCUT2D eigenvalue weighted by molar-refractivity contribution is 5.53. The third-order valence-corrected chi connectivity index (χ3v) is 5.38. The molecular weight excluding hydrogens is 380 g/mol. The molecule has 1 fully saturated rings. The van der Waals surface area contributed by atoms with Crippen LogP contribution in [0, 0.1) is 0 Å². The van der Waals surface area contributed by atoms with Crippen LogP contribution in [0.15, 0.2) is 53.2 Å². The fourth-order valence-electron chi connectivity index (χ4n) is 3.82. The summed E-state index contributed by atoms with van der Waals surface area (Å²) in [6.07, 6.45) is 6.13. The maximum absolute atomic E-state index is 5.63. The number of rotatable bonds is 10. The zero-order chi connectivity index (χ0) is 20.6. The van der Waals surface area contributed by atoms with Crippen LogP contribution in [0.3, 0.4) is 0 Å². The molecule has 0 spiro atoms. The van der Waals surface area contributed by atoms with E-state index in [0.29, 0.717) is 30.8 Å². The smallest absolute Gasteiger partial charge is 0.244 e. The molecule has 7 heteroatoms. The van der Waals surface area contributed by atoms with Crippen LogP contribution >= 0.6 is 0 Å². The number of nitrogens with zero attached hydrogens (tertiary/aromatic N) is 4. The Hall–Kier alpha value is -2.77. The molecule has 0 saturated carbocycles. The fourth-order valence-corrected chi connectivity index (χ4v) is 3.82. The molecule has 1 atom stereocenters. The van der Waals surface area contributed by atoms with Crippen molar-refractivity contribution in [1.29, 1.82) is 0 Å². The van der Waals surface area contributed by atoms with Gasteiger partial charge in [-0.3, -0.25) is 4.90 Å². The molecule has 158 valence electrons. The van der Waals surface area contributed by atoms with Gasteiger partial charge in [0.25, 0.3) is 0 Å². The van der Waals surface area contributed by atoms with E-state index in [1.165, 1.54) is 5.56 Å². The summed E-state index contributed by atoms with van der Waals surface area (Å²) in [5.41, 5.74) is 2.20. The van der Waals surface area contributed by atoms with E-state index in [1.807, 2.05) is 12.1 Å². The molecule has 0 radical (unpaired) electrons. The van der Waals surface area contributed by atoms with Gasteiger partial charge in [-0.15, -0.1) is 0 Å². The first kappa shape index (κ1) is 20.5. The number of pyridine rings is 1. The lowest BCUT2D eigenvalue weighted by Crippen LogP contribution is -2.25. The van der Waals surface area contributed by atoms with E-state index in [1.54, 1.807) is 13.3 Å². The van der Waals surface area contributed by atoms with Crippen LogP contribution in [-0.2, 0) is 11.2 Å². The first-order valence-electron chi connectivity index (χ1n) is 10.5. The number of benzene rings is 1. The summed E-state index contributed by atoms with van der Waals surface area (Å²) in [5, 5.41) is 4.18. The van der Waals surface area contributed by atoms with Crippen molar-refractivity contribution in [2.75, 3.05) is 33.4 Å². The third kappa shape index (κ3) is 5.23. The van der Waals surface area contributed by atoms with E-state index in [-0.39, 0.29) is 6.04 Å². The van der Waals surface area contributed by atoms with Crippen molar-refractivity contribution >= 4 is 0 Å². The van der Waals surface area contributed by atoms with Crippen molar-refractivity contribution in [3.05, 3.63) is 60.1 Å². The Morgan fingerprint density at radius 1 is 1.13 bits per heavy atom. The lowest BCUT2D eigenvalue weighted by molar-refractivity contribution is 0.144. The molecule has 1 aliphatic rings. The minimum atomic E-state index is 0.201. The van der Waals surface area contributed by atoms with Gasteiger partial charge in [-0.1, -0.05) is 35.5 Å². The summed E-state index contributed by atoms with van der Waals surface area (Å²) >= 11 is 0. The average molecular weight is 409 g/mol. The SMILES string of the molecule is COCCOc1ccc(-c2noc([C@@H]3CCCN3CCCc3ccccc3)n2)cn1. The number of aromatic nitrogens is 3. The third-order valence-electron chi connectivity index (χ3n) is 5.38. The highest BCUT2D eigenvalue weighted by atomic mass is 16.5. The summed E-state index contributed by atoms with van der Waals surface area (Å²) in [6, 6.07) is 14.5. The van der Waals surface area contributed by atoms with E-state index < -0.39 is 0 Å². The van der Waals surface area contributed by atoms with E-state index >= 15 is 0 Å². The van der Waals surface area contributed by atoms with E-state index in [0.717, 1.165) is 44.3 Å². The zero-order valence-corrected chi connectivity index (χ0v) is 17.4. The molecule has 0 unspecified atom stereocenters. The normalized spacial score (nSPS) is 16.8. The highest BCUT2D eigenvalue weighted by Gasteiger charge is 2.30. The second kappa shape index (κ2) is 10.3. The monoisotopic (exact) mass is 408 g/mol. The fraction of sp³-hybridized carbons (Fsp3) is 0.435. The van der Waals surface area contributed by atoms with Gasteiger partial charge in [0.1, 0.15) is 6.61 Å². The molecule has 1 aromatic carbocycles. The van der Waals surface area contributed by atoms with Gasteiger partial charge >= 0.3 is 0 Å². The predicted molar refractivity (Wildman–Crippen MR) is 113 cm³/mol. The first-order valence-corrected chi connectivity index (χ1v) is 10.5. The Balaban J connectivity index is 1.34. The number of ether oxygens (including phenoxy) is 2. The van der Waals surface area contributed by atoms with Crippen LogP contribution in [0.2, 0.25) is 0 Å². The van der Waals surface area contributed by atoms with E-state index in [9.17, 15) is 0 Å². The lowest BCUT2D eigenvalue weighted by atomic mass is 10.1. The van der Waals surface area contributed by atoms with Gasteiger partial charge in [0, 0.05) is 24.9 Å². The molecule has 0 N–H and O–H groups in total. The van der Waals surface area contributed by atoms with Gasteiger partial charge in [-0.25, -0.2) is 4.98 Å². The topological polar surface area (TPSA) is 73.5 Å². The maximum atomic E-state index is 5.63. The van der Waals surface area contributed by atoms with Crippen molar-refractivity contribution < 1.29 is 14.0 Å². The summed E-state index contributed by atoms with van der Waals surface area (Å²) in [7, 11) is 1.64. The van der Waals surface area contributed by atoms with Crippen molar-refractivity contribution in [2.24, 2.45) is 0 Å². The van der Waals surface area contributed by atoms with Gasteiger partial charge < -0.3 is 14.0 Å². The van der Waals surface area contributed by atoms with Gasteiger partial charge in [-0.2, -0.15) is 4.98 Å². The van der Waals surface area contributed by atoms with Crippen molar-refractivity contribution in [1.82, 2.24) is 20.0 Å². The van der Waals surface area contributed by atoms with Crippen LogP contribution in [-0.4, -0.2) is 53.4 Å². The van der Waals surface area contributed by atoms with Gasteiger partial charge in [0.2, 0.25) is 17.6 Å². The number of methoxy groups -OCH3 is 1. The first-order chi connectivity index (χ1) is 14.8. The molecule has 4 rings (SSSR count). The van der Waals surface area contributed by atoms with Crippen LogP contribution < -0.4 is 4.74 Å². The molecule has 0 bridgehead atoms. The zero-order valence-electron chi connectivity index (χ0n) is 17.4. The van der Waals surface area contributed by atoms with Crippen LogP contribution in [0.25, 0.3) is 11.4 Å². The molecule has 7 nitrogen and oxygen atoms in total. The van der Waals surface area contributed by atoms with Crippen LogP contribution in [0.5, 0.6) is 5.88 Å². The average Bonchev–Trinajstić information content (AvgIpc) is 3.45. The van der Waals surface area contributed by atoms with Crippen molar-refractivity contribution in [3.63, 3.8) is 0 Å². The standard InChI is InChI=1S/C23H28N4O3/c1-28-15-16-29-21-12-11-19(17-24-21)22-25-23(30-26-22)20-10-6-14-27(20)13-5-9-18-7-3-2-4-8-18/h2-4,7-8,11-12,17,20H,5-6,9-10,13-16H2,1H3/t20-/m0/s1. The number of hydrogen-bond donors (Lipinski definition) is 0. The van der Waals surface area contributed by atoms with Gasteiger partial charge in [0.05, 0.1) is 12.6 Å².